The predicted octanol–water partition coefficient (Wildman–Crippen LogP) is 7.88. The fraction of sp³-hybridized carbons (Fsp3) is 0.750. The van der Waals surface area contributed by atoms with Crippen LogP contribution >= 0.6 is 0 Å². The summed E-state index contributed by atoms with van der Waals surface area (Å²) in [6, 6.07) is 0.946. The highest BCUT2D eigenvalue weighted by molar-refractivity contribution is 5.25. The fourth-order valence-corrected chi connectivity index (χ4v) is 6.27. The Labute approximate surface area is 175 Å². The van der Waals surface area contributed by atoms with Crippen molar-refractivity contribution in [2.24, 2.45) is 29.6 Å². The molecule has 0 unspecified atom stereocenters. The Hall–Kier alpha value is -1.33. The Morgan fingerprint density at radius 1 is 0.633 bits per heavy atom. The van der Waals surface area contributed by atoms with E-state index < -0.39 is 35.2 Å². The summed E-state index contributed by atoms with van der Waals surface area (Å²) in [6.07, 6.45) is 9.18. The van der Waals surface area contributed by atoms with Gasteiger partial charge in [0, 0.05) is 12.1 Å². The first-order chi connectivity index (χ1) is 14.3. The van der Waals surface area contributed by atoms with E-state index in [-0.39, 0.29) is 0 Å². The fourth-order valence-electron chi connectivity index (χ4n) is 6.27. The average Bonchev–Trinajstić information content (AvgIpc) is 3.27. The van der Waals surface area contributed by atoms with Crippen LogP contribution in [0.25, 0.3) is 0 Å². The van der Waals surface area contributed by atoms with Crippen molar-refractivity contribution in [1.29, 1.82) is 0 Å². The standard InChI is InChI=1S/C24H31F5O/c25-21-13-20(14-22(26)23(21)27)30-24(28,29)19-11-9-18(10-12-19)17-7-5-16(6-8-17)15-3-1-2-4-15/h13-19H,1-12H2. The molecule has 4 rings (SSSR count). The normalized spacial score (nSPS) is 31.1. The van der Waals surface area contributed by atoms with E-state index in [4.69, 9.17) is 0 Å². The van der Waals surface area contributed by atoms with Crippen LogP contribution < -0.4 is 4.74 Å². The van der Waals surface area contributed by atoms with E-state index in [1.165, 1.54) is 51.4 Å². The van der Waals surface area contributed by atoms with Gasteiger partial charge in [0.05, 0.1) is 5.92 Å². The molecule has 0 aliphatic heterocycles. The third-order valence-corrected chi connectivity index (χ3v) is 8.01. The number of hydrogen-bond acceptors (Lipinski definition) is 1. The minimum absolute atomic E-state index is 0.340. The molecule has 3 aliphatic rings. The lowest BCUT2D eigenvalue weighted by Crippen LogP contribution is -2.38. The van der Waals surface area contributed by atoms with Gasteiger partial charge in [0.2, 0.25) is 0 Å². The van der Waals surface area contributed by atoms with Crippen molar-refractivity contribution in [3.8, 4) is 5.75 Å². The zero-order valence-corrected chi connectivity index (χ0v) is 17.3. The minimum Gasteiger partial charge on any atom is -0.432 e. The van der Waals surface area contributed by atoms with Crippen molar-refractivity contribution in [2.45, 2.75) is 83.2 Å². The molecule has 30 heavy (non-hydrogen) atoms. The summed E-state index contributed by atoms with van der Waals surface area (Å²) in [5, 5.41) is 0. The molecule has 0 radical (unpaired) electrons. The Morgan fingerprint density at radius 2 is 1.03 bits per heavy atom. The molecule has 0 aromatic heterocycles. The monoisotopic (exact) mass is 430 g/mol. The van der Waals surface area contributed by atoms with Crippen LogP contribution in [0.1, 0.15) is 77.0 Å². The first-order valence-corrected chi connectivity index (χ1v) is 11.5. The Morgan fingerprint density at radius 3 is 1.50 bits per heavy atom. The molecule has 0 saturated heterocycles. The number of rotatable bonds is 5. The van der Waals surface area contributed by atoms with Crippen LogP contribution in [0.5, 0.6) is 5.75 Å². The molecule has 168 valence electrons. The maximum atomic E-state index is 14.6. The first kappa shape index (κ1) is 21.9. The molecule has 1 aromatic rings. The van der Waals surface area contributed by atoms with Gasteiger partial charge in [0.15, 0.2) is 17.5 Å². The summed E-state index contributed by atoms with van der Waals surface area (Å²) in [5.41, 5.74) is 0. The smallest absolute Gasteiger partial charge is 0.400 e. The van der Waals surface area contributed by atoms with Crippen LogP contribution in [-0.4, -0.2) is 6.11 Å². The van der Waals surface area contributed by atoms with Crippen LogP contribution in [0, 0.1) is 47.0 Å². The maximum Gasteiger partial charge on any atom is 0.400 e. The number of alkyl halides is 2. The predicted molar refractivity (Wildman–Crippen MR) is 105 cm³/mol. The van der Waals surface area contributed by atoms with Crippen LogP contribution in [0.3, 0.4) is 0 Å². The van der Waals surface area contributed by atoms with Crippen molar-refractivity contribution in [1.82, 2.24) is 0 Å². The van der Waals surface area contributed by atoms with Gasteiger partial charge in [0.1, 0.15) is 5.75 Å². The third kappa shape index (κ3) is 4.77. The maximum absolute atomic E-state index is 14.6. The lowest BCUT2D eigenvalue weighted by atomic mass is 9.67. The van der Waals surface area contributed by atoms with Gasteiger partial charge in [-0.05, 0) is 75.0 Å². The van der Waals surface area contributed by atoms with Crippen molar-refractivity contribution in [2.75, 3.05) is 0 Å². The van der Waals surface area contributed by atoms with Crippen LogP contribution in [0.4, 0.5) is 22.0 Å². The van der Waals surface area contributed by atoms with Crippen molar-refractivity contribution < 1.29 is 26.7 Å². The van der Waals surface area contributed by atoms with Gasteiger partial charge in [-0.1, -0.05) is 25.7 Å². The number of benzene rings is 1. The molecule has 0 spiro atoms. The SMILES string of the molecule is Fc1cc(OC(F)(F)C2CCC(C3CCC(C4CCCC4)CC3)CC2)cc(F)c1F. The second-order valence-corrected chi connectivity index (χ2v) is 9.70. The minimum atomic E-state index is -3.53. The van der Waals surface area contributed by atoms with E-state index in [2.05, 4.69) is 4.74 Å². The highest BCUT2D eigenvalue weighted by Gasteiger charge is 2.45. The molecule has 0 N–H and O–H groups in total. The van der Waals surface area contributed by atoms with Gasteiger partial charge in [-0.2, -0.15) is 8.78 Å². The first-order valence-electron chi connectivity index (χ1n) is 11.5. The zero-order chi connectivity index (χ0) is 21.3. The lowest BCUT2D eigenvalue weighted by molar-refractivity contribution is -0.224. The topological polar surface area (TPSA) is 9.23 Å². The molecule has 0 heterocycles. The van der Waals surface area contributed by atoms with E-state index >= 15 is 0 Å². The second kappa shape index (κ2) is 9.04. The van der Waals surface area contributed by atoms with Gasteiger partial charge >= 0.3 is 6.11 Å². The molecule has 1 aromatic carbocycles. The number of halogens is 5. The summed E-state index contributed by atoms with van der Waals surface area (Å²) in [5.74, 6) is -3.50. The van der Waals surface area contributed by atoms with Crippen molar-refractivity contribution >= 4 is 0 Å². The van der Waals surface area contributed by atoms with E-state index in [9.17, 15) is 22.0 Å². The molecule has 3 fully saturated rings. The Kier molecular flexibility index (Phi) is 6.59. The van der Waals surface area contributed by atoms with Crippen LogP contribution in [0.15, 0.2) is 12.1 Å². The van der Waals surface area contributed by atoms with Gasteiger partial charge in [-0.3, -0.25) is 0 Å². The highest BCUT2D eigenvalue weighted by atomic mass is 19.3. The van der Waals surface area contributed by atoms with Crippen molar-refractivity contribution in [3.05, 3.63) is 29.6 Å². The summed E-state index contributed by atoms with van der Waals surface area (Å²) in [4.78, 5) is 0. The van der Waals surface area contributed by atoms with Gasteiger partial charge in [-0.25, -0.2) is 13.2 Å². The molecule has 0 bridgehead atoms. The quantitative estimate of drug-likeness (QED) is 0.341. The molecule has 0 amide bonds. The van der Waals surface area contributed by atoms with Crippen molar-refractivity contribution in [3.63, 3.8) is 0 Å². The molecule has 1 nitrogen and oxygen atoms in total. The third-order valence-electron chi connectivity index (χ3n) is 8.01. The zero-order valence-electron chi connectivity index (χ0n) is 17.3. The highest BCUT2D eigenvalue weighted by Crippen LogP contribution is 2.47. The van der Waals surface area contributed by atoms with E-state index in [0.717, 1.165) is 24.7 Å². The molecular weight excluding hydrogens is 399 g/mol. The summed E-state index contributed by atoms with van der Waals surface area (Å²) in [7, 11) is 0. The lowest BCUT2D eigenvalue weighted by Gasteiger charge is -2.40. The molecule has 0 atom stereocenters. The molecular formula is C24H31F5O. The average molecular weight is 431 g/mol. The van der Waals surface area contributed by atoms with Gasteiger partial charge in [0.25, 0.3) is 0 Å². The Bertz CT molecular complexity index is 691. The Balaban J connectivity index is 1.27. The van der Waals surface area contributed by atoms with Crippen LogP contribution in [0.2, 0.25) is 0 Å². The van der Waals surface area contributed by atoms with E-state index in [1.807, 2.05) is 0 Å². The largest absolute Gasteiger partial charge is 0.432 e. The summed E-state index contributed by atoms with van der Waals surface area (Å²) >= 11 is 0. The molecule has 3 aliphatic carbocycles. The van der Waals surface area contributed by atoms with Gasteiger partial charge < -0.3 is 4.74 Å². The molecule has 6 heteroatoms. The number of hydrogen-bond donors (Lipinski definition) is 0. The number of ether oxygens (including phenoxy) is 1. The summed E-state index contributed by atoms with van der Waals surface area (Å²) < 4.78 is 73.5. The summed E-state index contributed by atoms with van der Waals surface area (Å²) in [6.45, 7) is 0. The molecule has 3 saturated carbocycles. The van der Waals surface area contributed by atoms with E-state index in [0.29, 0.717) is 36.8 Å². The van der Waals surface area contributed by atoms with E-state index in [1.54, 1.807) is 0 Å². The second-order valence-electron chi connectivity index (χ2n) is 9.70. The van der Waals surface area contributed by atoms with Gasteiger partial charge in [-0.15, -0.1) is 0 Å². The van der Waals surface area contributed by atoms with Crippen LogP contribution in [-0.2, 0) is 0 Å².